The van der Waals surface area contributed by atoms with Crippen LogP contribution >= 0.6 is 22.6 Å². The summed E-state index contributed by atoms with van der Waals surface area (Å²) in [6.45, 7) is 0. The van der Waals surface area contributed by atoms with Crippen LogP contribution in [0.15, 0.2) is 78.0 Å². The molecular weight excluding hydrogens is 527 g/mol. The van der Waals surface area contributed by atoms with Crippen molar-refractivity contribution < 1.29 is 13.9 Å². The van der Waals surface area contributed by atoms with Gasteiger partial charge >= 0.3 is 0 Å². The Morgan fingerprint density at radius 1 is 1.00 bits per heavy atom. The number of nitrogens with one attached hydrogen (secondary N) is 3. The molecule has 4 aromatic rings. The highest BCUT2D eigenvalue weighted by Gasteiger charge is 2.09. The Bertz CT molecular complexity index is 1360. The summed E-state index contributed by atoms with van der Waals surface area (Å²) in [5.74, 6) is -1.48. The van der Waals surface area contributed by atoms with Crippen molar-refractivity contribution in [1.29, 1.82) is 5.53 Å². The highest BCUT2D eigenvalue weighted by molar-refractivity contribution is 14.1. The Hall–Kier alpha value is -3.60. The topological polar surface area (TPSA) is 93.4 Å². The van der Waals surface area contributed by atoms with Gasteiger partial charge in [0.15, 0.2) is 11.6 Å². The van der Waals surface area contributed by atoms with Gasteiger partial charge < -0.3 is 15.7 Å². The number of hydrogen-bond acceptors (Lipinski definition) is 6. The summed E-state index contributed by atoms with van der Waals surface area (Å²) in [5, 5.41) is 19.8. The van der Waals surface area contributed by atoms with Gasteiger partial charge in [-0.15, -0.1) is 0 Å². The third-order valence-electron chi connectivity index (χ3n) is 4.64. The van der Waals surface area contributed by atoms with E-state index in [1.165, 1.54) is 24.4 Å². The van der Waals surface area contributed by atoms with E-state index in [4.69, 9.17) is 5.53 Å². The van der Waals surface area contributed by atoms with E-state index in [2.05, 4.69) is 20.7 Å². The van der Waals surface area contributed by atoms with Crippen molar-refractivity contribution in [2.75, 3.05) is 10.6 Å². The summed E-state index contributed by atoms with van der Waals surface area (Å²) < 4.78 is 27.6. The summed E-state index contributed by atoms with van der Waals surface area (Å²) in [6, 6.07) is 17.8. The Balaban J connectivity index is 1.62. The monoisotopic (exact) mass is 543 g/mol. The second-order valence-corrected chi connectivity index (χ2v) is 7.94. The molecule has 0 unspecified atom stereocenters. The van der Waals surface area contributed by atoms with E-state index in [1.54, 1.807) is 18.2 Å². The van der Waals surface area contributed by atoms with Gasteiger partial charge in [0.05, 0.1) is 14.8 Å². The lowest BCUT2D eigenvalue weighted by Crippen LogP contribution is -1.96. The molecule has 0 aliphatic rings. The number of halogens is 3. The molecule has 0 aliphatic heterocycles. The number of nitrogens with zero attached hydrogens (tertiary/aromatic N) is 2. The number of anilines is 3. The van der Waals surface area contributed by atoms with Gasteiger partial charge in [-0.1, -0.05) is 6.07 Å². The molecule has 1 heterocycles. The lowest BCUT2D eigenvalue weighted by molar-refractivity contribution is 0.432. The zero-order valence-electron chi connectivity index (χ0n) is 16.4. The molecule has 4 N–H and O–H groups in total. The molecule has 0 spiro atoms. The Labute approximate surface area is 195 Å². The maximum atomic E-state index is 13.5. The molecule has 3 aromatic carbocycles. The molecule has 0 atom stereocenters. The van der Waals surface area contributed by atoms with Crippen LogP contribution in [0.5, 0.6) is 5.75 Å². The third kappa shape index (κ3) is 4.67. The predicted molar refractivity (Wildman–Crippen MR) is 129 cm³/mol. The Kier molecular flexibility index (Phi) is 6.26. The van der Waals surface area contributed by atoms with Crippen molar-refractivity contribution in [2.24, 2.45) is 5.11 Å². The molecule has 160 valence electrons. The minimum absolute atomic E-state index is 0.242. The van der Waals surface area contributed by atoms with Gasteiger partial charge in [-0.25, -0.2) is 19.3 Å². The first-order valence-electron chi connectivity index (χ1n) is 9.39. The van der Waals surface area contributed by atoms with Crippen LogP contribution in [0.2, 0.25) is 0 Å². The van der Waals surface area contributed by atoms with Crippen LogP contribution in [0.1, 0.15) is 5.69 Å². The van der Waals surface area contributed by atoms with Crippen LogP contribution in [-0.4, -0.2) is 10.1 Å². The summed E-state index contributed by atoms with van der Waals surface area (Å²) in [7, 11) is 0. The molecule has 0 bridgehead atoms. The van der Waals surface area contributed by atoms with E-state index >= 15 is 0 Å². The van der Waals surface area contributed by atoms with Crippen molar-refractivity contribution in [2.45, 2.75) is 0 Å². The van der Waals surface area contributed by atoms with Gasteiger partial charge in [-0.2, -0.15) is 5.11 Å². The van der Waals surface area contributed by atoms with Crippen molar-refractivity contribution in [1.82, 2.24) is 4.98 Å². The molecule has 0 aliphatic carbocycles. The molecule has 1 aromatic heterocycles. The minimum Gasteiger partial charge on any atom is -0.505 e. The number of phenolic OH excluding ortho intramolecular Hbond substituents is 1. The summed E-state index contributed by atoms with van der Waals surface area (Å²) in [4.78, 5) is 4.59. The maximum Gasteiger partial charge on any atom is 0.166 e. The second-order valence-electron chi connectivity index (χ2n) is 6.77. The van der Waals surface area contributed by atoms with E-state index in [9.17, 15) is 13.9 Å². The zero-order chi connectivity index (χ0) is 22.7. The average Bonchev–Trinajstić information content (AvgIpc) is 2.79. The normalized spacial score (nSPS) is 11.4. The summed E-state index contributed by atoms with van der Waals surface area (Å²) >= 11 is 1.94. The SMILES string of the molecule is N=N/C(=C\Nc1ccc(O)c(F)c1)c1ccc2c(Nc3ccc(F)c(I)c3)cccc2n1. The van der Waals surface area contributed by atoms with E-state index in [-0.39, 0.29) is 11.5 Å². The fourth-order valence-corrected chi connectivity index (χ4v) is 3.56. The Morgan fingerprint density at radius 3 is 2.56 bits per heavy atom. The standard InChI is InChI=1S/C23H16F2IN5O/c24-16-7-4-14(11-18(16)26)29-19-2-1-3-20-15(19)6-8-21(30-20)22(31-27)12-28-13-5-9-23(32)17(25)10-13/h1-12,27-29,32H/b22-12-,31-27?. The molecule has 4 rings (SSSR count). The first kappa shape index (κ1) is 21.6. The van der Waals surface area contributed by atoms with Gasteiger partial charge in [0, 0.05) is 34.7 Å². The van der Waals surface area contributed by atoms with Gasteiger partial charge in [-0.3, -0.25) is 0 Å². The number of phenols is 1. The first-order valence-corrected chi connectivity index (χ1v) is 10.5. The summed E-state index contributed by atoms with van der Waals surface area (Å²) in [6.07, 6.45) is 1.44. The molecule has 6 nitrogen and oxygen atoms in total. The smallest absolute Gasteiger partial charge is 0.166 e. The number of aromatic hydroxyl groups is 1. The number of aromatic nitrogens is 1. The van der Waals surface area contributed by atoms with Gasteiger partial charge in [0.2, 0.25) is 0 Å². The number of benzene rings is 3. The number of rotatable bonds is 6. The van der Waals surface area contributed by atoms with Gasteiger partial charge in [0.1, 0.15) is 11.5 Å². The van der Waals surface area contributed by atoms with Crippen molar-refractivity contribution in [3.05, 3.63) is 93.8 Å². The minimum atomic E-state index is -0.757. The van der Waals surface area contributed by atoms with Crippen LogP contribution in [0, 0.1) is 20.7 Å². The lowest BCUT2D eigenvalue weighted by Gasteiger charge is -2.11. The first-order chi connectivity index (χ1) is 15.4. The highest BCUT2D eigenvalue weighted by Crippen LogP contribution is 2.28. The molecule has 0 saturated carbocycles. The molecule has 0 saturated heterocycles. The van der Waals surface area contributed by atoms with Crippen LogP contribution < -0.4 is 10.6 Å². The quantitative estimate of drug-likeness (QED) is 0.120. The van der Waals surface area contributed by atoms with Crippen molar-refractivity contribution >= 4 is 56.3 Å². The van der Waals surface area contributed by atoms with E-state index < -0.39 is 11.6 Å². The zero-order valence-corrected chi connectivity index (χ0v) is 18.6. The third-order valence-corrected chi connectivity index (χ3v) is 5.46. The summed E-state index contributed by atoms with van der Waals surface area (Å²) in [5.41, 5.74) is 10.8. The molecule has 32 heavy (non-hydrogen) atoms. The average molecular weight is 543 g/mol. The lowest BCUT2D eigenvalue weighted by atomic mass is 10.1. The molecule has 9 heteroatoms. The van der Waals surface area contributed by atoms with Crippen LogP contribution in [0.4, 0.5) is 25.8 Å². The number of hydrogen-bond donors (Lipinski definition) is 4. The maximum absolute atomic E-state index is 13.5. The van der Waals surface area contributed by atoms with Gasteiger partial charge in [-0.05, 0) is 77.2 Å². The van der Waals surface area contributed by atoms with E-state index in [0.717, 1.165) is 22.8 Å². The predicted octanol–water partition coefficient (Wildman–Crippen LogP) is 7.01. The molecule has 0 amide bonds. The van der Waals surface area contributed by atoms with Crippen LogP contribution in [0.25, 0.3) is 16.6 Å². The van der Waals surface area contributed by atoms with E-state index in [1.807, 2.05) is 46.9 Å². The largest absolute Gasteiger partial charge is 0.505 e. The second kappa shape index (κ2) is 9.27. The van der Waals surface area contributed by atoms with Crippen molar-refractivity contribution in [3.63, 3.8) is 0 Å². The van der Waals surface area contributed by atoms with Gasteiger partial charge in [0.25, 0.3) is 0 Å². The highest BCUT2D eigenvalue weighted by atomic mass is 127. The molecule has 0 radical (unpaired) electrons. The van der Waals surface area contributed by atoms with Crippen molar-refractivity contribution in [3.8, 4) is 5.75 Å². The molecule has 0 fully saturated rings. The number of fused-ring (bicyclic) bond motifs is 1. The molecular formula is C23H16F2IN5O. The fraction of sp³-hybridized carbons (Fsp3) is 0. The van der Waals surface area contributed by atoms with Crippen LogP contribution in [-0.2, 0) is 0 Å². The number of pyridine rings is 1. The fourth-order valence-electron chi connectivity index (χ4n) is 3.05. The van der Waals surface area contributed by atoms with E-state index in [0.29, 0.717) is 20.5 Å². The Morgan fingerprint density at radius 2 is 1.81 bits per heavy atom. The van der Waals surface area contributed by atoms with Crippen LogP contribution in [0.3, 0.4) is 0 Å².